The summed E-state index contributed by atoms with van der Waals surface area (Å²) in [6, 6.07) is 11.6. The lowest BCUT2D eigenvalue weighted by Gasteiger charge is -2.31. The van der Waals surface area contributed by atoms with E-state index >= 15 is 0 Å². The summed E-state index contributed by atoms with van der Waals surface area (Å²) in [7, 11) is 0. The second-order valence-corrected chi connectivity index (χ2v) is 8.75. The fourth-order valence-electron chi connectivity index (χ4n) is 4.08. The van der Waals surface area contributed by atoms with Crippen LogP contribution in [-0.2, 0) is 22.6 Å². The second-order valence-electron chi connectivity index (χ2n) is 8.34. The summed E-state index contributed by atoms with van der Waals surface area (Å²) < 4.78 is 14.3. The highest BCUT2D eigenvalue weighted by atomic mass is 35.5. The number of aryl methyl sites for hydroxylation is 1. The van der Waals surface area contributed by atoms with Crippen LogP contribution in [0.2, 0.25) is 5.02 Å². The molecule has 0 radical (unpaired) electrons. The molecule has 0 heterocycles. The zero-order valence-electron chi connectivity index (χ0n) is 18.2. The van der Waals surface area contributed by atoms with E-state index in [0.717, 1.165) is 36.8 Å². The average molecular weight is 445 g/mol. The highest BCUT2D eigenvalue weighted by Crippen LogP contribution is 2.22. The lowest BCUT2D eigenvalue weighted by atomic mass is 9.95. The van der Waals surface area contributed by atoms with Gasteiger partial charge in [-0.2, -0.15) is 0 Å². The van der Waals surface area contributed by atoms with Crippen molar-refractivity contribution in [2.45, 2.75) is 71.0 Å². The smallest absolute Gasteiger partial charge is 0.242 e. The molecule has 1 N–H and O–H groups in total. The first-order valence-electron chi connectivity index (χ1n) is 10.9. The van der Waals surface area contributed by atoms with Gasteiger partial charge in [-0.3, -0.25) is 9.59 Å². The largest absolute Gasteiger partial charge is 0.352 e. The van der Waals surface area contributed by atoms with Crippen molar-refractivity contribution in [3.8, 4) is 0 Å². The number of hydrogen-bond acceptors (Lipinski definition) is 2. The van der Waals surface area contributed by atoms with E-state index in [4.69, 9.17) is 11.6 Å². The van der Waals surface area contributed by atoms with Crippen LogP contribution >= 0.6 is 11.6 Å². The molecule has 2 aromatic carbocycles. The minimum Gasteiger partial charge on any atom is -0.352 e. The van der Waals surface area contributed by atoms with Gasteiger partial charge in [0, 0.05) is 23.2 Å². The second kappa shape index (κ2) is 10.8. The molecule has 166 valence electrons. The van der Waals surface area contributed by atoms with E-state index in [9.17, 15) is 14.0 Å². The lowest BCUT2D eigenvalue weighted by Crippen LogP contribution is -2.50. The molecule has 1 atom stereocenters. The number of benzene rings is 2. The molecule has 0 unspecified atom stereocenters. The summed E-state index contributed by atoms with van der Waals surface area (Å²) in [4.78, 5) is 27.8. The van der Waals surface area contributed by atoms with Crippen molar-refractivity contribution in [1.82, 2.24) is 10.2 Å². The van der Waals surface area contributed by atoms with Crippen LogP contribution in [0.3, 0.4) is 0 Å². The molecule has 1 fully saturated rings. The van der Waals surface area contributed by atoms with Crippen molar-refractivity contribution in [3.05, 3.63) is 70.0 Å². The van der Waals surface area contributed by atoms with E-state index in [-0.39, 0.29) is 41.4 Å². The molecule has 0 aliphatic heterocycles. The maximum absolute atomic E-state index is 14.3. The van der Waals surface area contributed by atoms with Gasteiger partial charge in [-0.05, 0) is 49.9 Å². The summed E-state index contributed by atoms with van der Waals surface area (Å²) in [6.07, 6.45) is 5.15. The first-order chi connectivity index (χ1) is 14.9. The van der Waals surface area contributed by atoms with E-state index in [0.29, 0.717) is 0 Å². The monoisotopic (exact) mass is 444 g/mol. The van der Waals surface area contributed by atoms with Crippen LogP contribution in [0.5, 0.6) is 0 Å². The number of carbonyl (C=O) groups excluding carboxylic acids is 2. The highest BCUT2D eigenvalue weighted by molar-refractivity contribution is 6.31. The molecule has 1 saturated carbocycles. The fourth-order valence-corrected chi connectivity index (χ4v) is 4.31. The highest BCUT2D eigenvalue weighted by Gasteiger charge is 2.29. The molecule has 1 aliphatic carbocycles. The predicted molar refractivity (Wildman–Crippen MR) is 121 cm³/mol. The molecule has 1 aliphatic rings. The van der Waals surface area contributed by atoms with E-state index in [1.165, 1.54) is 23.5 Å². The number of nitrogens with zero attached hydrogens (tertiary/aromatic N) is 1. The molecule has 0 spiro atoms. The predicted octanol–water partition coefficient (Wildman–Crippen LogP) is 5.20. The van der Waals surface area contributed by atoms with Crippen molar-refractivity contribution in [2.75, 3.05) is 0 Å². The molecule has 0 bridgehead atoms. The Kier molecular flexibility index (Phi) is 8.08. The summed E-state index contributed by atoms with van der Waals surface area (Å²) in [5, 5.41) is 3.32. The molecule has 0 saturated heterocycles. The van der Waals surface area contributed by atoms with Gasteiger partial charge in [0.1, 0.15) is 11.9 Å². The number of rotatable bonds is 7. The standard InChI is InChI=1S/C25H30ClFN2O2/c1-17-9-6-7-10-19(17)16-29(18(2)25(31)28-20-11-4-3-5-12-20)24(30)15-21-22(26)13-8-14-23(21)27/h6-10,13-14,18,20H,3-5,11-12,15-16H2,1-2H3,(H,28,31)/t18-/m0/s1. The van der Waals surface area contributed by atoms with Crippen LogP contribution in [0.4, 0.5) is 4.39 Å². The van der Waals surface area contributed by atoms with Crippen molar-refractivity contribution in [3.63, 3.8) is 0 Å². The molecule has 0 aromatic heterocycles. The normalized spacial score (nSPS) is 15.4. The van der Waals surface area contributed by atoms with Crippen LogP contribution in [0.1, 0.15) is 55.7 Å². The Morgan fingerprint density at radius 2 is 1.84 bits per heavy atom. The van der Waals surface area contributed by atoms with E-state index < -0.39 is 11.9 Å². The van der Waals surface area contributed by atoms with E-state index in [1.54, 1.807) is 13.0 Å². The van der Waals surface area contributed by atoms with Crippen molar-refractivity contribution in [1.29, 1.82) is 0 Å². The van der Waals surface area contributed by atoms with Crippen molar-refractivity contribution >= 4 is 23.4 Å². The Labute approximate surface area is 188 Å². The molecule has 4 nitrogen and oxygen atoms in total. The molecule has 31 heavy (non-hydrogen) atoms. The minimum atomic E-state index is -0.681. The lowest BCUT2D eigenvalue weighted by molar-refractivity contribution is -0.140. The summed E-state index contributed by atoms with van der Waals surface area (Å²) in [6.45, 7) is 3.98. The first kappa shape index (κ1) is 23.3. The van der Waals surface area contributed by atoms with E-state index in [2.05, 4.69) is 5.32 Å². The topological polar surface area (TPSA) is 49.4 Å². The van der Waals surface area contributed by atoms with Crippen LogP contribution < -0.4 is 5.32 Å². The number of halogens is 2. The van der Waals surface area contributed by atoms with Gasteiger partial charge >= 0.3 is 0 Å². The van der Waals surface area contributed by atoms with Crippen LogP contribution in [0, 0.1) is 12.7 Å². The fraction of sp³-hybridized carbons (Fsp3) is 0.440. The van der Waals surface area contributed by atoms with Crippen molar-refractivity contribution < 1.29 is 14.0 Å². The molecule has 6 heteroatoms. The summed E-state index contributed by atoms with van der Waals surface area (Å²) in [5.41, 5.74) is 2.14. The zero-order chi connectivity index (χ0) is 22.4. The Morgan fingerprint density at radius 1 is 1.13 bits per heavy atom. The Bertz CT molecular complexity index is 907. The first-order valence-corrected chi connectivity index (χ1v) is 11.3. The van der Waals surface area contributed by atoms with Gasteiger partial charge in [-0.25, -0.2) is 4.39 Å². The van der Waals surface area contributed by atoms with E-state index in [1.807, 2.05) is 31.2 Å². The van der Waals surface area contributed by atoms with Crippen LogP contribution in [0.15, 0.2) is 42.5 Å². The molecular weight excluding hydrogens is 415 g/mol. The summed E-state index contributed by atoms with van der Waals surface area (Å²) >= 11 is 6.14. The van der Waals surface area contributed by atoms with Crippen LogP contribution in [-0.4, -0.2) is 28.8 Å². The molecule has 2 amide bonds. The SMILES string of the molecule is Cc1ccccc1CN(C(=O)Cc1c(F)cccc1Cl)[C@@H](C)C(=O)NC1CCCCC1. The maximum Gasteiger partial charge on any atom is 0.242 e. The number of carbonyl (C=O) groups is 2. The van der Waals surface area contributed by atoms with Gasteiger partial charge in [0.25, 0.3) is 0 Å². The third-order valence-corrected chi connectivity index (χ3v) is 6.46. The van der Waals surface area contributed by atoms with Gasteiger partial charge in [0.15, 0.2) is 0 Å². The van der Waals surface area contributed by atoms with Gasteiger partial charge < -0.3 is 10.2 Å². The minimum absolute atomic E-state index is 0.153. The Morgan fingerprint density at radius 3 is 2.52 bits per heavy atom. The average Bonchev–Trinajstić information content (AvgIpc) is 2.76. The van der Waals surface area contributed by atoms with Gasteiger partial charge in [-0.15, -0.1) is 0 Å². The molecular formula is C25H30ClFN2O2. The molecule has 2 aromatic rings. The zero-order valence-corrected chi connectivity index (χ0v) is 18.9. The maximum atomic E-state index is 14.3. The van der Waals surface area contributed by atoms with Gasteiger partial charge in [0.2, 0.25) is 11.8 Å². The number of nitrogens with one attached hydrogen (secondary N) is 1. The number of amides is 2. The quantitative estimate of drug-likeness (QED) is 0.638. The van der Waals surface area contributed by atoms with Gasteiger partial charge in [-0.1, -0.05) is 61.2 Å². The number of hydrogen-bond donors (Lipinski definition) is 1. The van der Waals surface area contributed by atoms with Gasteiger partial charge in [0.05, 0.1) is 6.42 Å². The summed E-state index contributed by atoms with van der Waals surface area (Å²) in [5.74, 6) is -1.02. The Balaban J connectivity index is 1.82. The third kappa shape index (κ3) is 6.07. The molecule has 3 rings (SSSR count). The van der Waals surface area contributed by atoms with Crippen molar-refractivity contribution in [2.24, 2.45) is 0 Å². The third-order valence-electron chi connectivity index (χ3n) is 6.11. The van der Waals surface area contributed by atoms with Crippen LogP contribution in [0.25, 0.3) is 0 Å². The Hall–Kier alpha value is -2.40.